The maximum absolute atomic E-state index is 11.7. The Labute approximate surface area is 98.3 Å². The summed E-state index contributed by atoms with van der Waals surface area (Å²) in [6.07, 6.45) is 0. The van der Waals surface area contributed by atoms with Gasteiger partial charge < -0.3 is 9.84 Å². The van der Waals surface area contributed by atoms with Crippen molar-refractivity contribution in [3.05, 3.63) is 34.1 Å². The molecule has 0 unspecified atom stereocenters. The van der Waals surface area contributed by atoms with Crippen molar-refractivity contribution in [1.29, 1.82) is 0 Å². The summed E-state index contributed by atoms with van der Waals surface area (Å²) in [5.74, 6) is 0.681. The highest BCUT2D eigenvalue weighted by Crippen LogP contribution is 2.28. The fraction of sp³-hybridized carbons (Fsp3) is 0.250. The number of benzene rings is 1. The fourth-order valence-corrected chi connectivity index (χ4v) is 1.82. The number of methoxy groups -OCH3 is 1. The van der Waals surface area contributed by atoms with Gasteiger partial charge in [-0.05, 0) is 30.2 Å². The number of nitrogens with one attached hydrogen (secondary N) is 1. The van der Waals surface area contributed by atoms with Gasteiger partial charge >= 0.3 is 0 Å². The Morgan fingerprint density at radius 2 is 2.12 bits per heavy atom. The van der Waals surface area contributed by atoms with Crippen LogP contribution in [-0.4, -0.2) is 22.0 Å². The van der Waals surface area contributed by atoms with Crippen LogP contribution in [0.5, 0.6) is 11.6 Å². The van der Waals surface area contributed by atoms with Crippen molar-refractivity contribution in [2.24, 2.45) is 7.05 Å². The SMILES string of the molecule is COc1ccc(-c2c(O)n(C)[nH]c2=O)cc1C. The molecule has 1 aromatic heterocycles. The quantitative estimate of drug-likeness (QED) is 0.825. The molecule has 0 radical (unpaired) electrons. The molecule has 2 rings (SSSR count). The van der Waals surface area contributed by atoms with Gasteiger partial charge in [0.2, 0.25) is 5.88 Å². The Kier molecular flexibility index (Phi) is 2.67. The minimum absolute atomic E-state index is 0.0698. The van der Waals surface area contributed by atoms with E-state index >= 15 is 0 Å². The summed E-state index contributed by atoms with van der Waals surface area (Å²) in [7, 11) is 3.17. The van der Waals surface area contributed by atoms with E-state index in [1.54, 1.807) is 26.3 Å². The monoisotopic (exact) mass is 234 g/mol. The molecule has 0 saturated carbocycles. The first-order chi connectivity index (χ1) is 8.04. The van der Waals surface area contributed by atoms with Gasteiger partial charge in [-0.3, -0.25) is 14.6 Å². The van der Waals surface area contributed by atoms with Gasteiger partial charge in [-0.25, -0.2) is 0 Å². The van der Waals surface area contributed by atoms with Crippen molar-refractivity contribution < 1.29 is 9.84 Å². The van der Waals surface area contributed by atoms with Gasteiger partial charge in [-0.1, -0.05) is 6.07 Å². The Bertz CT molecular complexity index is 611. The third-order valence-corrected chi connectivity index (χ3v) is 2.72. The fourth-order valence-electron chi connectivity index (χ4n) is 1.82. The van der Waals surface area contributed by atoms with Gasteiger partial charge in [0.25, 0.3) is 5.56 Å². The zero-order valence-corrected chi connectivity index (χ0v) is 9.94. The standard InChI is InChI=1S/C12H14N2O3/c1-7-6-8(4-5-9(7)17-3)10-11(15)13-14(2)12(10)16/h4-6,16H,1-3H3,(H,13,15). The molecule has 2 aromatic rings. The molecule has 0 bridgehead atoms. The summed E-state index contributed by atoms with van der Waals surface area (Å²) in [6.45, 7) is 1.89. The summed E-state index contributed by atoms with van der Waals surface area (Å²) in [5.41, 5.74) is 1.54. The van der Waals surface area contributed by atoms with Gasteiger partial charge in [0.1, 0.15) is 11.3 Å². The normalized spacial score (nSPS) is 10.5. The van der Waals surface area contributed by atoms with Crippen LogP contribution in [0.3, 0.4) is 0 Å². The molecule has 0 aliphatic rings. The zero-order chi connectivity index (χ0) is 12.6. The highest BCUT2D eigenvalue weighted by molar-refractivity contribution is 5.69. The minimum atomic E-state index is -0.311. The molecule has 0 aliphatic heterocycles. The first-order valence-electron chi connectivity index (χ1n) is 5.17. The Morgan fingerprint density at radius 1 is 1.41 bits per heavy atom. The lowest BCUT2D eigenvalue weighted by Crippen LogP contribution is -2.03. The van der Waals surface area contributed by atoms with Crippen LogP contribution in [0.15, 0.2) is 23.0 Å². The van der Waals surface area contributed by atoms with E-state index in [0.717, 1.165) is 11.3 Å². The minimum Gasteiger partial charge on any atom is -0.496 e. The van der Waals surface area contributed by atoms with Crippen molar-refractivity contribution in [1.82, 2.24) is 9.78 Å². The molecule has 0 fully saturated rings. The van der Waals surface area contributed by atoms with E-state index in [0.29, 0.717) is 5.56 Å². The molecule has 90 valence electrons. The molecule has 17 heavy (non-hydrogen) atoms. The van der Waals surface area contributed by atoms with Gasteiger partial charge in [-0.15, -0.1) is 0 Å². The number of nitrogens with zero attached hydrogens (tertiary/aromatic N) is 1. The van der Waals surface area contributed by atoms with Crippen LogP contribution >= 0.6 is 0 Å². The maximum atomic E-state index is 11.7. The van der Waals surface area contributed by atoms with Crippen molar-refractivity contribution >= 4 is 0 Å². The van der Waals surface area contributed by atoms with E-state index < -0.39 is 0 Å². The van der Waals surface area contributed by atoms with Crippen molar-refractivity contribution in [2.75, 3.05) is 7.11 Å². The van der Waals surface area contributed by atoms with Crippen LogP contribution in [0, 0.1) is 6.92 Å². The number of hydrogen-bond donors (Lipinski definition) is 2. The second kappa shape index (κ2) is 4.01. The number of aromatic hydroxyl groups is 1. The molecule has 0 spiro atoms. The lowest BCUT2D eigenvalue weighted by Gasteiger charge is -2.06. The predicted octanol–water partition coefficient (Wildman–Crippen LogP) is 1.40. The van der Waals surface area contributed by atoms with Crippen LogP contribution in [0.1, 0.15) is 5.56 Å². The first-order valence-corrected chi connectivity index (χ1v) is 5.17. The van der Waals surface area contributed by atoms with Crippen LogP contribution in [-0.2, 0) is 7.05 Å². The number of aromatic amines is 1. The van der Waals surface area contributed by atoms with Crippen molar-refractivity contribution in [2.45, 2.75) is 6.92 Å². The second-order valence-corrected chi connectivity index (χ2v) is 3.88. The van der Waals surface area contributed by atoms with E-state index in [1.165, 1.54) is 4.68 Å². The van der Waals surface area contributed by atoms with Crippen LogP contribution < -0.4 is 10.3 Å². The van der Waals surface area contributed by atoms with Crippen molar-refractivity contribution in [3.8, 4) is 22.8 Å². The van der Waals surface area contributed by atoms with E-state index in [-0.39, 0.29) is 17.0 Å². The first kappa shape index (κ1) is 11.3. The number of hydrogen-bond acceptors (Lipinski definition) is 3. The van der Waals surface area contributed by atoms with Crippen LogP contribution in [0.4, 0.5) is 0 Å². The maximum Gasteiger partial charge on any atom is 0.275 e. The average Bonchev–Trinajstić information content (AvgIpc) is 2.53. The van der Waals surface area contributed by atoms with E-state index in [2.05, 4.69) is 5.10 Å². The smallest absolute Gasteiger partial charge is 0.275 e. The van der Waals surface area contributed by atoms with E-state index in [1.807, 2.05) is 13.0 Å². The molecular weight excluding hydrogens is 220 g/mol. The molecule has 2 N–H and O–H groups in total. The summed E-state index contributed by atoms with van der Waals surface area (Å²) < 4.78 is 6.44. The molecule has 1 heterocycles. The van der Waals surface area contributed by atoms with Gasteiger partial charge in [0.15, 0.2) is 0 Å². The topological polar surface area (TPSA) is 67.2 Å². The molecule has 0 amide bonds. The predicted molar refractivity (Wildman–Crippen MR) is 64.4 cm³/mol. The zero-order valence-electron chi connectivity index (χ0n) is 9.94. The Balaban J connectivity index is 2.61. The average molecular weight is 234 g/mol. The van der Waals surface area contributed by atoms with E-state index in [9.17, 15) is 9.90 Å². The Morgan fingerprint density at radius 3 is 2.59 bits per heavy atom. The van der Waals surface area contributed by atoms with Crippen LogP contribution in [0.2, 0.25) is 0 Å². The molecule has 0 atom stereocenters. The van der Waals surface area contributed by atoms with E-state index in [4.69, 9.17) is 4.74 Å². The van der Waals surface area contributed by atoms with Crippen LogP contribution in [0.25, 0.3) is 11.1 Å². The largest absolute Gasteiger partial charge is 0.496 e. The molecule has 5 heteroatoms. The molecule has 5 nitrogen and oxygen atoms in total. The number of H-pyrrole nitrogens is 1. The van der Waals surface area contributed by atoms with Gasteiger partial charge in [0.05, 0.1) is 7.11 Å². The number of aryl methyl sites for hydroxylation is 2. The van der Waals surface area contributed by atoms with Gasteiger partial charge in [-0.2, -0.15) is 0 Å². The second-order valence-electron chi connectivity index (χ2n) is 3.88. The highest BCUT2D eigenvalue weighted by atomic mass is 16.5. The summed E-state index contributed by atoms with van der Waals surface area (Å²) in [5, 5.41) is 12.3. The molecule has 0 saturated heterocycles. The lowest BCUT2D eigenvalue weighted by atomic mass is 10.1. The third-order valence-electron chi connectivity index (χ3n) is 2.72. The molecule has 1 aromatic carbocycles. The molecule has 0 aliphatic carbocycles. The molecular formula is C12H14N2O3. The summed E-state index contributed by atoms with van der Waals surface area (Å²) in [4.78, 5) is 11.7. The third kappa shape index (κ3) is 1.80. The van der Waals surface area contributed by atoms with Crippen molar-refractivity contribution in [3.63, 3.8) is 0 Å². The summed E-state index contributed by atoms with van der Waals surface area (Å²) in [6, 6.07) is 5.33. The number of rotatable bonds is 2. The summed E-state index contributed by atoms with van der Waals surface area (Å²) >= 11 is 0. The highest BCUT2D eigenvalue weighted by Gasteiger charge is 2.14. The lowest BCUT2D eigenvalue weighted by molar-refractivity contribution is 0.411. The number of ether oxygens (including phenoxy) is 1. The van der Waals surface area contributed by atoms with Gasteiger partial charge in [0, 0.05) is 7.05 Å². The Hall–Kier alpha value is -2.17. The number of aromatic nitrogens is 2.